The van der Waals surface area contributed by atoms with Gasteiger partial charge in [-0.1, -0.05) is 0 Å². The maximum Gasteiger partial charge on any atom is 0.316 e. The Morgan fingerprint density at radius 3 is 2.38 bits per heavy atom. The lowest BCUT2D eigenvalue weighted by Gasteiger charge is -2.21. The maximum absolute atomic E-state index is 10.9. The zero-order valence-electron chi connectivity index (χ0n) is 9.32. The summed E-state index contributed by atoms with van der Waals surface area (Å²) in [6, 6.07) is 0.351. The molecule has 2 N–H and O–H groups in total. The summed E-state index contributed by atoms with van der Waals surface area (Å²) >= 11 is 0. The maximum atomic E-state index is 10.9. The van der Waals surface area contributed by atoms with Crippen LogP contribution in [0, 0.1) is 0 Å². The number of guanidine groups is 1. The molecule has 0 bridgehead atoms. The van der Waals surface area contributed by atoms with Gasteiger partial charge in [-0.25, -0.2) is 0 Å². The number of carbonyl (C=O) groups excluding carboxylic acids is 2. The Morgan fingerprint density at radius 2 is 1.81 bits per heavy atom. The third-order valence-electron chi connectivity index (χ3n) is 2.95. The molecule has 0 aromatic carbocycles. The molecule has 2 heterocycles. The molecule has 1 atom stereocenters. The van der Waals surface area contributed by atoms with Gasteiger partial charge in [-0.05, 0) is 32.9 Å². The van der Waals surface area contributed by atoms with Crippen LogP contribution in [0.2, 0.25) is 0 Å². The highest BCUT2D eigenvalue weighted by Gasteiger charge is 2.25. The second kappa shape index (κ2) is 4.61. The summed E-state index contributed by atoms with van der Waals surface area (Å²) in [6.07, 6.45) is 2.49. The number of amides is 2. The van der Waals surface area contributed by atoms with Crippen molar-refractivity contribution < 1.29 is 9.59 Å². The lowest BCUT2D eigenvalue weighted by molar-refractivity contribution is -0.135. The standard InChI is InChI=1S/C10H16N4O2/c1-7(14-4-2-3-5-14)6-11-10-12-8(15)9(16)13-10/h7H,2-6H2,1H3,(H2,11,12,13,15,16). The van der Waals surface area contributed by atoms with E-state index in [2.05, 4.69) is 27.4 Å². The van der Waals surface area contributed by atoms with Gasteiger partial charge in [0.2, 0.25) is 5.96 Å². The van der Waals surface area contributed by atoms with Crippen LogP contribution in [0.5, 0.6) is 0 Å². The van der Waals surface area contributed by atoms with E-state index in [0.29, 0.717) is 12.6 Å². The van der Waals surface area contributed by atoms with Crippen molar-refractivity contribution in [1.29, 1.82) is 0 Å². The second-order valence-electron chi connectivity index (χ2n) is 4.19. The monoisotopic (exact) mass is 224 g/mol. The van der Waals surface area contributed by atoms with E-state index >= 15 is 0 Å². The second-order valence-corrected chi connectivity index (χ2v) is 4.19. The molecular weight excluding hydrogens is 208 g/mol. The van der Waals surface area contributed by atoms with E-state index in [1.807, 2.05) is 0 Å². The highest BCUT2D eigenvalue weighted by atomic mass is 16.2. The minimum atomic E-state index is -0.632. The Bertz CT molecular complexity index is 316. The molecule has 88 valence electrons. The highest BCUT2D eigenvalue weighted by Crippen LogP contribution is 2.11. The zero-order valence-corrected chi connectivity index (χ0v) is 9.32. The van der Waals surface area contributed by atoms with Crippen LogP contribution in [0.25, 0.3) is 0 Å². The van der Waals surface area contributed by atoms with Gasteiger partial charge in [-0.3, -0.25) is 30.1 Å². The minimum absolute atomic E-state index is 0.279. The van der Waals surface area contributed by atoms with Crippen molar-refractivity contribution in [3.63, 3.8) is 0 Å². The van der Waals surface area contributed by atoms with E-state index in [9.17, 15) is 9.59 Å². The molecule has 0 aromatic rings. The fourth-order valence-corrected chi connectivity index (χ4v) is 1.96. The van der Waals surface area contributed by atoms with Crippen LogP contribution in [-0.4, -0.2) is 48.3 Å². The smallest absolute Gasteiger partial charge is 0.299 e. The first kappa shape index (κ1) is 11.1. The largest absolute Gasteiger partial charge is 0.316 e. The van der Waals surface area contributed by atoms with Crippen molar-refractivity contribution in [2.24, 2.45) is 4.99 Å². The molecule has 0 saturated carbocycles. The van der Waals surface area contributed by atoms with Gasteiger partial charge in [-0.15, -0.1) is 0 Å². The zero-order chi connectivity index (χ0) is 11.5. The van der Waals surface area contributed by atoms with Crippen LogP contribution >= 0.6 is 0 Å². The van der Waals surface area contributed by atoms with Crippen molar-refractivity contribution in [2.45, 2.75) is 25.8 Å². The molecule has 2 aliphatic rings. The van der Waals surface area contributed by atoms with Gasteiger partial charge in [0.1, 0.15) is 0 Å². The van der Waals surface area contributed by atoms with Crippen molar-refractivity contribution >= 4 is 17.8 Å². The van der Waals surface area contributed by atoms with E-state index in [4.69, 9.17) is 0 Å². The molecule has 2 amide bonds. The molecule has 2 aliphatic heterocycles. The van der Waals surface area contributed by atoms with Gasteiger partial charge in [0.25, 0.3) is 0 Å². The fourth-order valence-electron chi connectivity index (χ4n) is 1.96. The average Bonchev–Trinajstić information content (AvgIpc) is 2.86. The first-order valence-corrected chi connectivity index (χ1v) is 5.57. The summed E-state index contributed by atoms with van der Waals surface area (Å²) in [4.78, 5) is 28.3. The molecule has 16 heavy (non-hydrogen) atoms. The van der Waals surface area contributed by atoms with E-state index in [1.165, 1.54) is 12.8 Å². The molecule has 0 spiro atoms. The van der Waals surface area contributed by atoms with Crippen LogP contribution < -0.4 is 10.6 Å². The first-order valence-electron chi connectivity index (χ1n) is 5.57. The van der Waals surface area contributed by atoms with Gasteiger partial charge in [-0.2, -0.15) is 0 Å². The lowest BCUT2D eigenvalue weighted by Crippen LogP contribution is -2.34. The number of hydrogen-bond acceptors (Lipinski definition) is 4. The Kier molecular flexibility index (Phi) is 3.19. The Balaban J connectivity index is 1.84. The first-order chi connectivity index (χ1) is 7.66. The predicted octanol–water partition coefficient (Wildman–Crippen LogP) is -0.927. The SMILES string of the molecule is CC(CN=C1NC(=O)C(=O)N1)N1CCCC1. The minimum Gasteiger partial charge on any atom is -0.299 e. The molecule has 0 aliphatic carbocycles. The Hall–Kier alpha value is -1.43. The van der Waals surface area contributed by atoms with Crippen LogP contribution in [-0.2, 0) is 9.59 Å². The number of rotatable bonds is 3. The van der Waals surface area contributed by atoms with Crippen LogP contribution in [0.3, 0.4) is 0 Å². The third kappa shape index (κ3) is 2.38. The topological polar surface area (TPSA) is 73.8 Å². The van der Waals surface area contributed by atoms with Crippen LogP contribution in [0.4, 0.5) is 0 Å². The summed E-state index contributed by atoms with van der Waals surface area (Å²) in [5.41, 5.74) is 0. The van der Waals surface area contributed by atoms with Crippen molar-refractivity contribution in [3.8, 4) is 0 Å². The third-order valence-corrected chi connectivity index (χ3v) is 2.95. The molecule has 0 radical (unpaired) electrons. The molecular formula is C10H16N4O2. The van der Waals surface area contributed by atoms with Gasteiger partial charge in [0.05, 0.1) is 6.54 Å². The molecule has 6 nitrogen and oxygen atoms in total. The number of nitrogens with one attached hydrogen (secondary N) is 2. The Labute approximate surface area is 94.1 Å². The number of likely N-dealkylation sites (tertiary alicyclic amines) is 1. The van der Waals surface area contributed by atoms with Gasteiger partial charge < -0.3 is 0 Å². The fraction of sp³-hybridized carbons (Fsp3) is 0.700. The Morgan fingerprint density at radius 1 is 1.25 bits per heavy atom. The molecule has 6 heteroatoms. The summed E-state index contributed by atoms with van der Waals surface area (Å²) in [7, 11) is 0. The molecule has 2 rings (SSSR count). The normalized spacial score (nSPS) is 23.2. The van der Waals surface area contributed by atoms with E-state index in [1.54, 1.807) is 0 Å². The number of hydrogen-bond donors (Lipinski definition) is 2. The van der Waals surface area contributed by atoms with Gasteiger partial charge >= 0.3 is 11.8 Å². The number of nitrogens with zero attached hydrogens (tertiary/aromatic N) is 2. The number of carbonyl (C=O) groups is 2. The summed E-state index contributed by atoms with van der Waals surface area (Å²) in [5.74, 6) is -0.985. The predicted molar refractivity (Wildman–Crippen MR) is 58.9 cm³/mol. The van der Waals surface area contributed by atoms with Crippen molar-refractivity contribution in [2.75, 3.05) is 19.6 Å². The van der Waals surface area contributed by atoms with Crippen molar-refractivity contribution in [1.82, 2.24) is 15.5 Å². The quantitative estimate of drug-likeness (QED) is 0.608. The van der Waals surface area contributed by atoms with Crippen LogP contribution in [0.1, 0.15) is 19.8 Å². The summed E-state index contributed by atoms with van der Waals surface area (Å²) in [5, 5.41) is 4.76. The number of aliphatic imine (C=N–C) groups is 1. The van der Waals surface area contributed by atoms with E-state index in [-0.39, 0.29) is 5.96 Å². The lowest BCUT2D eigenvalue weighted by atomic mass is 10.3. The van der Waals surface area contributed by atoms with E-state index in [0.717, 1.165) is 13.1 Å². The summed E-state index contributed by atoms with van der Waals surface area (Å²) in [6.45, 7) is 4.93. The molecule has 1 unspecified atom stereocenters. The average molecular weight is 224 g/mol. The van der Waals surface area contributed by atoms with Gasteiger partial charge in [0, 0.05) is 6.04 Å². The van der Waals surface area contributed by atoms with Crippen molar-refractivity contribution in [3.05, 3.63) is 0 Å². The van der Waals surface area contributed by atoms with E-state index < -0.39 is 11.8 Å². The highest BCUT2D eigenvalue weighted by molar-refractivity contribution is 6.45. The summed E-state index contributed by atoms with van der Waals surface area (Å²) < 4.78 is 0. The molecule has 0 aromatic heterocycles. The van der Waals surface area contributed by atoms with Gasteiger partial charge in [0.15, 0.2) is 0 Å². The van der Waals surface area contributed by atoms with Crippen LogP contribution in [0.15, 0.2) is 4.99 Å². The molecule has 2 saturated heterocycles. The molecule has 2 fully saturated rings.